The number of anilines is 1. The van der Waals surface area contributed by atoms with Gasteiger partial charge in [0.15, 0.2) is 0 Å². The first-order valence-corrected chi connectivity index (χ1v) is 14.2. The molecule has 1 aromatic heterocycles. The Labute approximate surface area is 238 Å². The van der Waals surface area contributed by atoms with Crippen molar-refractivity contribution in [2.45, 2.75) is 56.7 Å². The maximum absolute atomic E-state index is 13.6. The Bertz CT molecular complexity index is 1510. The third-order valence-electron chi connectivity index (χ3n) is 6.67. The summed E-state index contributed by atoms with van der Waals surface area (Å²) in [6.45, 7) is 8.61. The van der Waals surface area contributed by atoms with Gasteiger partial charge in [0.05, 0.1) is 5.57 Å². The maximum atomic E-state index is 13.6. The number of thioether (sulfide) groups is 1. The van der Waals surface area contributed by atoms with E-state index in [2.05, 4.69) is 50.4 Å². The number of carbonyl (C=O) groups excluding carboxylic acids is 1. The lowest BCUT2D eigenvalue weighted by Crippen LogP contribution is -2.29. The van der Waals surface area contributed by atoms with Crippen molar-refractivity contribution in [1.82, 2.24) is 14.8 Å². The molecule has 1 atom stereocenters. The predicted octanol–water partition coefficient (Wildman–Crippen LogP) is 7.55. The first-order valence-electron chi connectivity index (χ1n) is 12.8. The van der Waals surface area contributed by atoms with E-state index in [0.29, 0.717) is 33.2 Å². The number of nitrogens with one attached hydrogen (secondary N) is 1. The molecule has 4 aromatic rings. The number of ether oxygens (including phenoxy) is 1. The van der Waals surface area contributed by atoms with Crippen molar-refractivity contribution in [3.05, 3.63) is 117 Å². The Balaban J connectivity index is 1.47. The summed E-state index contributed by atoms with van der Waals surface area (Å²) in [5, 5.41) is 9.42. The van der Waals surface area contributed by atoms with Crippen molar-refractivity contribution >= 4 is 35.3 Å². The van der Waals surface area contributed by atoms with Crippen LogP contribution in [0.3, 0.4) is 0 Å². The molecule has 0 bridgehead atoms. The van der Waals surface area contributed by atoms with Crippen LogP contribution in [0.2, 0.25) is 5.02 Å². The molecule has 39 heavy (non-hydrogen) atoms. The highest BCUT2D eigenvalue weighted by Crippen LogP contribution is 2.38. The van der Waals surface area contributed by atoms with Crippen molar-refractivity contribution in [3.63, 3.8) is 0 Å². The Hall–Kier alpha value is -3.55. The van der Waals surface area contributed by atoms with E-state index >= 15 is 0 Å². The van der Waals surface area contributed by atoms with Crippen LogP contribution in [0.1, 0.15) is 56.0 Å². The molecule has 0 fully saturated rings. The second-order valence-corrected chi connectivity index (χ2v) is 11.9. The van der Waals surface area contributed by atoms with Gasteiger partial charge in [0.25, 0.3) is 0 Å². The van der Waals surface area contributed by atoms with Gasteiger partial charge in [-0.05, 0) is 40.7 Å². The molecule has 0 amide bonds. The fraction of sp³-hybridized carbons (Fsp3) is 0.258. The summed E-state index contributed by atoms with van der Waals surface area (Å²) in [5.41, 5.74) is 5.30. The molecule has 0 saturated carbocycles. The third kappa shape index (κ3) is 6.05. The van der Waals surface area contributed by atoms with Crippen LogP contribution in [0.25, 0.3) is 0 Å². The highest BCUT2D eigenvalue weighted by molar-refractivity contribution is 7.98. The average Bonchev–Trinajstić information content (AvgIpc) is 3.33. The van der Waals surface area contributed by atoms with Crippen LogP contribution in [-0.4, -0.2) is 20.7 Å². The summed E-state index contributed by atoms with van der Waals surface area (Å²) in [4.78, 5) is 18.3. The standard InChI is InChI=1S/C31H31ClN4O2S/c1-20-26(28(37)38-18-21-10-6-5-7-11-21)27(22-14-16-24(17-15-22)31(2,3)4)36-29(33-20)34-30(35-36)39-19-23-12-8-9-13-25(23)32/h5-17,27H,18-19H2,1-4H3,(H,33,34,35). The summed E-state index contributed by atoms with van der Waals surface area (Å²) in [6.07, 6.45) is 0. The summed E-state index contributed by atoms with van der Waals surface area (Å²) in [6, 6.07) is 25.3. The first-order chi connectivity index (χ1) is 18.7. The molecule has 6 nitrogen and oxygen atoms in total. The number of benzene rings is 3. The molecule has 5 rings (SSSR count). The fourth-order valence-electron chi connectivity index (χ4n) is 4.49. The summed E-state index contributed by atoms with van der Waals surface area (Å²) >= 11 is 7.86. The normalized spacial score (nSPS) is 15.1. The Morgan fingerprint density at radius 1 is 1.03 bits per heavy atom. The minimum Gasteiger partial charge on any atom is -0.457 e. The molecular weight excluding hydrogens is 528 g/mol. The Morgan fingerprint density at radius 3 is 2.41 bits per heavy atom. The minimum absolute atomic E-state index is 0.0107. The van der Waals surface area contributed by atoms with Gasteiger partial charge in [-0.3, -0.25) is 0 Å². The van der Waals surface area contributed by atoms with Gasteiger partial charge in [-0.2, -0.15) is 4.98 Å². The lowest BCUT2D eigenvalue weighted by Gasteiger charge is -2.28. The average molecular weight is 559 g/mol. The second-order valence-electron chi connectivity index (χ2n) is 10.5. The molecule has 1 aliphatic rings. The van der Waals surface area contributed by atoms with E-state index in [4.69, 9.17) is 26.4 Å². The molecule has 1 aliphatic heterocycles. The van der Waals surface area contributed by atoms with Gasteiger partial charge in [0, 0.05) is 16.5 Å². The zero-order valence-electron chi connectivity index (χ0n) is 22.4. The number of halogens is 1. The molecule has 0 aliphatic carbocycles. The van der Waals surface area contributed by atoms with E-state index in [1.54, 1.807) is 4.68 Å². The number of allylic oxidation sites excluding steroid dienone is 1. The molecule has 1 N–H and O–H groups in total. The smallest absolute Gasteiger partial charge is 0.338 e. The van der Waals surface area contributed by atoms with Crippen LogP contribution < -0.4 is 5.32 Å². The van der Waals surface area contributed by atoms with Gasteiger partial charge >= 0.3 is 5.97 Å². The molecule has 3 aromatic carbocycles. The number of rotatable bonds is 7. The van der Waals surface area contributed by atoms with Crippen LogP contribution in [0.15, 0.2) is 95.3 Å². The highest BCUT2D eigenvalue weighted by Gasteiger charge is 2.35. The number of aromatic nitrogens is 3. The van der Waals surface area contributed by atoms with E-state index in [0.717, 1.165) is 16.7 Å². The van der Waals surface area contributed by atoms with Crippen LogP contribution >= 0.6 is 23.4 Å². The molecule has 2 heterocycles. The van der Waals surface area contributed by atoms with E-state index in [1.807, 2.05) is 61.5 Å². The second kappa shape index (κ2) is 11.3. The van der Waals surface area contributed by atoms with Gasteiger partial charge in [0.2, 0.25) is 11.1 Å². The minimum atomic E-state index is -0.485. The lowest BCUT2D eigenvalue weighted by molar-refractivity contribution is -0.140. The van der Waals surface area contributed by atoms with Gasteiger partial charge < -0.3 is 10.1 Å². The first kappa shape index (κ1) is 27.0. The molecule has 8 heteroatoms. The quantitative estimate of drug-likeness (QED) is 0.186. The fourth-order valence-corrected chi connectivity index (χ4v) is 5.60. The molecule has 0 saturated heterocycles. The lowest BCUT2D eigenvalue weighted by atomic mass is 9.85. The predicted molar refractivity (Wildman–Crippen MR) is 157 cm³/mol. The summed E-state index contributed by atoms with van der Waals surface area (Å²) in [5.74, 6) is 0.825. The van der Waals surface area contributed by atoms with Crippen molar-refractivity contribution in [3.8, 4) is 0 Å². The summed E-state index contributed by atoms with van der Waals surface area (Å²) in [7, 11) is 0. The Morgan fingerprint density at radius 2 is 1.72 bits per heavy atom. The largest absolute Gasteiger partial charge is 0.457 e. The van der Waals surface area contributed by atoms with Gasteiger partial charge in [-0.15, -0.1) is 5.10 Å². The zero-order valence-corrected chi connectivity index (χ0v) is 24.0. The van der Waals surface area contributed by atoms with E-state index in [-0.39, 0.29) is 18.0 Å². The maximum Gasteiger partial charge on any atom is 0.338 e. The van der Waals surface area contributed by atoms with E-state index in [9.17, 15) is 4.79 Å². The number of fused-ring (bicyclic) bond motifs is 1. The van der Waals surface area contributed by atoms with Gasteiger partial charge in [-0.1, -0.05) is 117 Å². The third-order valence-corrected chi connectivity index (χ3v) is 7.93. The van der Waals surface area contributed by atoms with Crippen molar-refractivity contribution in [2.75, 3.05) is 5.32 Å². The molecule has 1 unspecified atom stereocenters. The number of carbonyl (C=O) groups is 1. The number of hydrogen-bond acceptors (Lipinski definition) is 6. The van der Waals surface area contributed by atoms with Crippen molar-refractivity contribution in [1.29, 1.82) is 0 Å². The van der Waals surface area contributed by atoms with Crippen LogP contribution in [0, 0.1) is 0 Å². The van der Waals surface area contributed by atoms with Crippen LogP contribution in [0.5, 0.6) is 0 Å². The monoisotopic (exact) mass is 558 g/mol. The molecule has 200 valence electrons. The van der Waals surface area contributed by atoms with Gasteiger partial charge in [0.1, 0.15) is 12.6 Å². The highest BCUT2D eigenvalue weighted by atomic mass is 35.5. The molecule has 0 radical (unpaired) electrons. The van der Waals surface area contributed by atoms with E-state index < -0.39 is 6.04 Å². The number of nitrogens with zero attached hydrogens (tertiary/aromatic N) is 3. The molecular formula is C31H31ClN4O2S. The van der Waals surface area contributed by atoms with Crippen molar-refractivity contribution < 1.29 is 9.53 Å². The topological polar surface area (TPSA) is 69.0 Å². The van der Waals surface area contributed by atoms with E-state index in [1.165, 1.54) is 17.3 Å². The SMILES string of the molecule is CC1=C(C(=O)OCc2ccccc2)C(c2ccc(C(C)(C)C)cc2)n2nc(SCc3ccccc3Cl)nc2N1. The van der Waals surface area contributed by atoms with Crippen LogP contribution in [-0.2, 0) is 27.3 Å². The van der Waals surface area contributed by atoms with Crippen molar-refractivity contribution in [2.24, 2.45) is 0 Å². The number of hydrogen-bond donors (Lipinski definition) is 1. The number of esters is 1. The summed E-state index contributed by atoms with van der Waals surface area (Å²) < 4.78 is 7.57. The Kier molecular flexibility index (Phi) is 7.82. The van der Waals surface area contributed by atoms with Crippen LogP contribution in [0.4, 0.5) is 5.95 Å². The van der Waals surface area contributed by atoms with Gasteiger partial charge in [-0.25, -0.2) is 9.48 Å². The molecule has 0 spiro atoms. The zero-order chi connectivity index (χ0) is 27.6.